The third-order valence-electron chi connectivity index (χ3n) is 7.46. The summed E-state index contributed by atoms with van der Waals surface area (Å²) in [5, 5.41) is 17.1. The van der Waals surface area contributed by atoms with Crippen molar-refractivity contribution in [2.45, 2.75) is 51.9 Å². The van der Waals surface area contributed by atoms with Gasteiger partial charge in [0, 0.05) is 41.0 Å². The summed E-state index contributed by atoms with van der Waals surface area (Å²) in [4.78, 5) is 17.4. The number of anilines is 1. The largest absolute Gasteiger partial charge is 0.493 e. The maximum Gasteiger partial charge on any atom is 0.255 e. The molecule has 5 rings (SSSR count). The number of benzene rings is 2. The van der Waals surface area contributed by atoms with Crippen LogP contribution in [0.5, 0.6) is 5.75 Å². The topological polar surface area (TPSA) is 92.8 Å². The average Bonchev–Trinajstić information content (AvgIpc) is 3.66. The summed E-state index contributed by atoms with van der Waals surface area (Å²) in [6.07, 6.45) is 12.4. The van der Waals surface area contributed by atoms with Crippen molar-refractivity contribution in [2.75, 3.05) is 11.9 Å². The van der Waals surface area contributed by atoms with Gasteiger partial charge < -0.3 is 10.1 Å². The van der Waals surface area contributed by atoms with E-state index in [-0.39, 0.29) is 5.91 Å². The number of hydrogen-bond donors (Lipinski definition) is 1. The maximum atomic E-state index is 13.1. The molecule has 1 N–H and O–H groups in total. The van der Waals surface area contributed by atoms with Crippen LogP contribution in [0.3, 0.4) is 0 Å². The van der Waals surface area contributed by atoms with E-state index in [1.165, 1.54) is 25.7 Å². The van der Waals surface area contributed by atoms with Crippen LogP contribution in [0, 0.1) is 24.2 Å². The highest BCUT2D eigenvalue weighted by atomic mass is 16.5. The second kappa shape index (κ2) is 11.1. The Bertz CT molecular complexity index is 1530. The first kappa shape index (κ1) is 26.2. The molecule has 7 nitrogen and oxygen atoms in total. The van der Waals surface area contributed by atoms with Gasteiger partial charge >= 0.3 is 0 Å². The smallest absolute Gasteiger partial charge is 0.255 e. The minimum atomic E-state index is -0.680. The van der Waals surface area contributed by atoms with Gasteiger partial charge in [0.2, 0.25) is 0 Å². The molecule has 0 aliphatic heterocycles. The zero-order valence-electron chi connectivity index (χ0n) is 22.6. The van der Waals surface area contributed by atoms with E-state index in [4.69, 9.17) is 4.74 Å². The molecule has 2 heterocycles. The van der Waals surface area contributed by atoms with Crippen LogP contribution in [-0.2, 0) is 5.41 Å². The van der Waals surface area contributed by atoms with E-state index in [0.29, 0.717) is 17.2 Å². The fourth-order valence-corrected chi connectivity index (χ4v) is 4.95. The number of carbonyl (C=O) groups excluding carboxylic acids is 1. The molecule has 0 atom stereocenters. The fourth-order valence-electron chi connectivity index (χ4n) is 4.95. The van der Waals surface area contributed by atoms with Gasteiger partial charge in [0.15, 0.2) is 0 Å². The summed E-state index contributed by atoms with van der Waals surface area (Å²) in [6, 6.07) is 17.1. The molecule has 2 aromatic heterocycles. The zero-order chi connectivity index (χ0) is 27.4. The number of aromatic nitrogens is 3. The number of nitriles is 1. The summed E-state index contributed by atoms with van der Waals surface area (Å²) >= 11 is 0. The summed E-state index contributed by atoms with van der Waals surface area (Å²) in [5.41, 5.74) is 4.97. The van der Waals surface area contributed by atoms with E-state index >= 15 is 0 Å². The summed E-state index contributed by atoms with van der Waals surface area (Å²) in [6.45, 7) is 6.41. The number of hydrogen-bond acceptors (Lipinski definition) is 5. The first-order chi connectivity index (χ1) is 18.8. The molecule has 1 saturated carbocycles. The Kier molecular flexibility index (Phi) is 7.47. The number of nitrogens with one attached hydrogen (secondary N) is 1. The molecule has 0 spiro atoms. The minimum absolute atomic E-state index is 0.235. The normalized spacial score (nSPS) is 13.7. The lowest BCUT2D eigenvalue weighted by Gasteiger charge is -2.16. The van der Waals surface area contributed by atoms with Crippen molar-refractivity contribution in [1.82, 2.24) is 14.8 Å². The molecule has 1 aliphatic rings. The van der Waals surface area contributed by atoms with Crippen LogP contribution in [0.25, 0.3) is 16.8 Å². The lowest BCUT2D eigenvalue weighted by molar-refractivity contribution is 0.102. The Morgan fingerprint density at radius 2 is 1.97 bits per heavy atom. The number of amides is 1. The Morgan fingerprint density at radius 1 is 1.15 bits per heavy atom. The van der Waals surface area contributed by atoms with Crippen molar-refractivity contribution in [1.29, 1.82) is 5.26 Å². The van der Waals surface area contributed by atoms with Crippen LogP contribution in [-0.4, -0.2) is 27.3 Å². The van der Waals surface area contributed by atoms with Crippen molar-refractivity contribution in [3.63, 3.8) is 0 Å². The van der Waals surface area contributed by atoms with Gasteiger partial charge in [0.05, 0.1) is 30.0 Å². The van der Waals surface area contributed by atoms with Crippen LogP contribution in [0.4, 0.5) is 5.69 Å². The highest BCUT2D eigenvalue weighted by Crippen LogP contribution is 2.32. The number of carbonyl (C=O) groups is 1. The predicted molar refractivity (Wildman–Crippen MR) is 152 cm³/mol. The van der Waals surface area contributed by atoms with Gasteiger partial charge in [-0.3, -0.25) is 9.78 Å². The number of aryl methyl sites for hydroxylation is 1. The van der Waals surface area contributed by atoms with Crippen molar-refractivity contribution in [2.24, 2.45) is 5.92 Å². The quantitative estimate of drug-likeness (QED) is 0.274. The fraction of sp³-hybridized carbons (Fsp3) is 0.312. The summed E-state index contributed by atoms with van der Waals surface area (Å²) in [5.74, 6) is 1.20. The molecule has 4 aromatic rings. The number of pyridine rings is 1. The van der Waals surface area contributed by atoms with Gasteiger partial charge in [-0.1, -0.05) is 31.0 Å². The summed E-state index contributed by atoms with van der Waals surface area (Å²) < 4.78 is 8.02. The van der Waals surface area contributed by atoms with Gasteiger partial charge in [-0.05, 0) is 81.0 Å². The van der Waals surface area contributed by atoms with E-state index in [1.807, 2.05) is 74.4 Å². The van der Waals surface area contributed by atoms with Crippen LogP contribution >= 0.6 is 0 Å². The Labute approximate surface area is 229 Å². The SMILES string of the molecule is Cc1ccc(NC(=O)c2cccc(C(C)(C)C#N)c2)cc1-n1cc(-c2cnccc2OCC2CCCC2)cn1. The van der Waals surface area contributed by atoms with E-state index in [2.05, 4.69) is 21.5 Å². The molecule has 0 bridgehead atoms. The number of nitrogens with zero attached hydrogens (tertiary/aromatic N) is 4. The molecular formula is C32H33N5O2. The third kappa shape index (κ3) is 5.85. The molecule has 2 aromatic carbocycles. The van der Waals surface area contributed by atoms with Crippen LogP contribution in [0.1, 0.15) is 61.0 Å². The molecule has 1 amide bonds. The number of ether oxygens (including phenoxy) is 1. The van der Waals surface area contributed by atoms with E-state index in [9.17, 15) is 10.1 Å². The highest BCUT2D eigenvalue weighted by molar-refractivity contribution is 6.04. The van der Waals surface area contributed by atoms with Crippen molar-refractivity contribution < 1.29 is 9.53 Å². The first-order valence-corrected chi connectivity index (χ1v) is 13.4. The van der Waals surface area contributed by atoms with E-state index in [1.54, 1.807) is 24.4 Å². The monoisotopic (exact) mass is 519 g/mol. The standard InChI is InChI=1S/C32H33N5O2/c1-22-11-12-27(36-31(38)24-9-6-10-26(15-24)32(2,3)21-33)16-29(22)37-19-25(17-35-37)28-18-34-14-13-30(28)39-20-23-7-4-5-8-23/h6,9-19,23H,4-5,7-8,20H2,1-3H3,(H,36,38). The minimum Gasteiger partial charge on any atom is -0.493 e. The first-order valence-electron chi connectivity index (χ1n) is 13.4. The maximum absolute atomic E-state index is 13.1. The second-order valence-electron chi connectivity index (χ2n) is 10.8. The van der Waals surface area contributed by atoms with Crippen molar-refractivity contribution in [3.8, 4) is 28.6 Å². The second-order valence-corrected chi connectivity index (χ2v) is 10.8. The molecule has 198 valence electrons. The van der Waals surface area contributed by atoms with Gasteiger partial charge in [-0.25, -0.2) is 4.68 Å². The lowest BCUT2D eigenvalue weighted by Crippen LogP contribution is -2.17. The molecule has 39 heavy (non-hydrogen) atoms. The average molecular weight is 520 g/mol. The van der Waals surface area contributed by atoms with E-state index in [0.717, 1.165) is 40.3 Å². The van der Waals surface area contributed by atoms with E-state index < -0.39 is 5.41 Å². The van der Waals surface area contributed by atoms with Crippen molar-refractivity contribution in [3.05, 3.63) is 90.0 Å². The predicted octanol–water partition coefficient (Wildman–Crippen LogP) is 6.87. The molecular weight excluding hydrogens is 486 g/mol. The van der Waals surface area contributed by atoms with Gasteiger partial charge in [-0.2, -0.15) is 10.4 Å². The van der Waals surface area contributed by atoms with Crippen LogP contribution in [0.15, 0.2) is 73.3 Å². The molecule has 0 unspecified atom stereocenters. The Morgan fingerprint density at radius 3 is 2.77 bits per heavy atom. The highest BCUT2D eigenvalue weighted by Gasteiger charge is 2.21. The van der Waals surface area contributed by atoms with Gasteiger partial charge in [-0.15, -0.1) is 0 Å². The van der Waals surface area contributed by atoms with Crippen LogP contribution < -0.4 is 10.1 Å². The molecule has 1 fully saturated rings. The number of rotatable bonds is 8. The van der Waals surface area contributed by atoms with Gasteiger partial charge in [0.1, 0.15) is 5.75 Å². The molecule has 1 aliphatic carbocycles. The van der Waals surface area contributed by atoms with Crippen LogP contribution in [0.2, 0.25) is 0 Å². The summed E-state index contributed by atoms with van der Waals surface area (Å²) in [7, 11) is 0. The van der Waals surface area contributed by atoms with Gasteiger partial charge in [0.25, 0.3) is 5.91 Å². The Hall–Kier alpha value is -4.44. The Balaban J connectivity index is 1.35. The van der Waals surface area contributed by atoms with Crippen molar-refractivity contribution >= 4 is 11.6 Å². The zero-order valence-corrected chi connectivity index (χ0v) is 22.6. The third-order valence-corrected chi connectivity index (χ3v) is 7.46. The molecule has 7 heteroatoms. The lowest BCUT2D eigenvalue weighted by atomic mass is 9.85. The molecule has 0 radical (unpaired) electrons. The molecule has 0 saturated heterocycles.